The molecule has 1 amide bonds. The van der Waals surface area contributed by atoms with Gasteiger partial charge in [-0.1, -0.05) is 55.1 Å². The fourth-order valence-electron chi connectivity index (χ4n) is 3.91. The molecule has 1 aliphatic heterocycles. The van der Waals surface area contributed by atoms with Crippen LogP contribution in [0.5, 0.6) is 0 Å². The summed E-state index contributed by atoms with van der Waals surface area (Å²) in [6, 6.07) is 14.3. The van der Waals surface area contributed by atoms with Gasteiger partial charge in [-0.25, -0.2) is 4.98 Å². The van der Waals surface area contributed by atoms with Crippen LogP contribution in [0.4, 0.5) is 0 Å². The number of aromatic nitrogens is 2. The molecule has 3 aromatic rings. The molecule has 2 aromatic heterocycles. The van der Waals surface area contributed by atoms with Crippen LogP contribution in [0.2, 0.25) is 0 Å². The van der Waals surface area contributed by atoms with Crippen molar-refractivity contribution in [2.45, 2.75) is 25.2 Å². The van der Waals surface area contributed by atoms with Gasteiger partial charge in [0.05, 0.1) is 11.7 Å². The van der Waals surface area contributed by atoms with Gasteiger partial charge in [-0.15, -0.1) is 0 Å². The molecule has 1 aromatic carbocycles. The predicted molar refractivity (Wildman–Crippen MR) is 113 cm³/mol. The zero-order valence-electron chi connectivity index (χ0n) is 16.0. The van der Waals surface area contributed by atoms with E-state index >= 15 is 0 Å². The SMILES string of the molecule is C=Cc1cccn2c(C3CCN(C(=O)/C=C\Cc4ccccc4)CC3)ncc12. The molecule has 0 bridgehead atoms. The van der Waals surface area contributed by atoms with Crippen molar-refractivity contribution in [3.63, 3.8) is 0 Å². The summed E-state index contributed by atoms with van der Waals surface area (Å²) in [5.74, 6) is 1.57. The molecule has 28 heavy (non-hydrogen) atoms. The molecule has 142 valence electrons. The number of imidazole rings is 1. The van der Waals surface area contributed by atoms with Gasteiger partial charge in [0.2, 0.25) is 5.91 Å². The number of carbonyl (C=O) groups is 1. The Balaban J connectivity index is 1.37. The predicted octanol–water partition coefficient (Wildman–Crippen LogP) is 4.48. The summed E-state index contributed by atoms with van der Waals surface area (Å²) in [5.41, 5.74) is 3.41. The summed E-state index contributed by atoms with van der Waals surface area (Å²) in [6.45, 7) is 5.43. The summed E-state index contributed by atoms with van der Waals surface area (Å²) in [4.78, 5) is 19.1. The third-order valence-corrected chi connectivity index (χ3v) is 5.48. The number of rotatable bonds is 5. The first-order valence-electron chi connectivity index (χ1n) is 9.84. The average Bonchev–Trinajstić information content (AvgIpc) is 3.19. The smallest absolute Gasteiger partial charge is 0.246 e. The highest BCUT2D eigenvalue weighted by Crippen LogP contribution is 2.28. The molecule has 0 aliphatic carbocycles. The lowest BCUT2D eigenvalue weighted by molar-refractivity contribution is -0.127. The van der Waals surface area contributed by atoms with Crippen LogP contribution in [0.25, 0.3) is 11.6 Å². The molecule has 1 saturated heterocycles. The Labute approximate surface area is 165 Å². The number of pyridine rings is 1. The number of nitrogens with zero attached hydrogens (tertiary/aromatic N) is 3. The Bertz CT molecular complexity index is 995. The van der Waals surface area contributed by atoms with Crippen molar-refractivity contribution in [3.8, 4) is 0 Å². The minimum Gasteiger partial charge on any atom is -0.339 e. The van der Waals surface area contributed by atoms with Crippen molar-refractivity contribution in [1.82, 2.24) is 14.3 Å². The second-order valence-electron chi connectivity index (χ2n) is 7.23. The average molecular weight is 371 g/mol. The van der Waals surface area contributed by atoms with Crippen molar-refractivity contribution in [2.75, 3.05) is 13.1 Å². The monoisotopic (exact) mass is 371 g/mol. The molecule has 0 N–H and O–H groups in total. The van der Waals surface area contributed by atoms with Crippen LogP contribution >= 0.6 is 0 Å². The minimum absolute atomic E-state index is 0.108. The Morgan fingerprint density at radius 3 is 2.68 bits per heavy atom. The van der Waals surface area contributed by atoms with E-state index in [0.717, 1.165) is 49.3 Å². The van der Waals surface area contributed by atoms with Gasteiger partial charge in [0.15, 0.2) is 0 Å². The topological polar surface area (TPSA) is 37.6 Å². The molecule has 4 nitrogen and oxygen atoms in total. The van der Waals surface area contributed by atoms with Gasteiger partial charge in [0, 0.05) is 25.2 Å². The Hall–Kier alpha value is -3.14. The fraction of sp³-hybridized carbons (Fsp3) is 0.250. The largest absolute Gasteiger partial charge is 0.339 e. The van der Waals surface area contributed by atoms with Crippen LogP contribution in [-0.2, 0) is 11.2 Å². The van der Waals surface area contributed by atoms with Gasteiger partial charge in [0.1, 0.15) is 5.82 Å². The van der Waals surface area contributed by atoms with Crippen molar-refractivity contribution in [2.24, 2.45) is 0 Å². The van der Waals surface area contributed by atoms with Crippen LogP contribution in [0, 0.1) is 0 Å². The molecule has 1 fully saturated rings. The minimum atomic E-state index is 0.108. The highest BCUT2D eigenvalue weighted by Gasteiger charge is 2.25. The van der Waals surface area contributed by atoms with Crippen LogP contribution < -0.4 is 0 Å². The maximum Gasteiger partial charge on any atom is 0.246 e. The quantitative estimate of drug-likeness (QED) is 0.620. The van der Waals surface area contributed by atoms with Gasteiger partial charge < -0.3 is 9.30 Å². The maximum atomic E-state index is 12.5. The summed E-state index contributed by atoms with van der Waals surface area (Å²) < 4.78 is 2.17. The zero-order chi connectivity index (χ0) is 19.3. The lowest BCUT2D eigenvalue weighted by atomic mass is 9.96. The van der Waals surface area contributed by atoms with E-state index in [2.05, 4.69) is 40.4 Å². The van der Waals surface area contributed by atoms with E-state index in [0.29, 0.717) is 5.92 Å². The van der Waals surface area contributed by atoms with E-state index in [4.69, 9.17) is 0 Å². The van der Waals surface area contributed by atoms with Crippen LogP contribution in [0.15, 0.2) is 73.6 Å². The molecule has 0 atom stereocenters. The fourth-order valence-corrected chi connectivity index (χ4v) is 3.91. The van der Waals surface area contributed by atoms with Crippen LogP contribution in [0.3, 0.4) is 0 Å². The first-order valence-corrected chi connectivity index (χ1v) is 9.84. The maximum absolute atomic E-state index is 12.5. The summed E-state index contributed by atoms with van der Waals surface area (Å²) in [6.07, 6.45) is 12.2. The lowest BCUT2D eigenvalue weighted by Crippen LogP contribution is -2.37. The molecule has 0 unspecified atom stereocenters. The molecular weight excluding hydrogens is 346 g/mol. The standard InChI is InChI=1S/C24H25N3O/c1-2-20-11-7-15-27-22(20)18-25-24(27)21-13-16-26(17-14-21)23(28)12-6-10-19-8-4-3-5-9-19/h2-9,11-12,15,18,21H,1,10,13-14,16-17H2/b12-6-. The molecule has 0 radical (unpaired) electrons. The number of carbonyl (C=O) groups excluding carboxylic acids is 1. The van der Waals surface area contributed by atoms with E-state index in [9.17, 15) is 4.79 Å². The van der Waals surface area contributed by atoms with Crippen molar-refractivity contribution >= 4 is 17.5 Å². The van der Waals surface area contributed by atoms with E-state index < -0.39 is 0 Å². The van der Waals surface area contributed by atoms with Crippen molar-refractivity contribution in [3.05, 3.63) is 90.5 Å². The highest BCUT2D eigenvalue weighted by molar-refractivity contribution is 5.87. The van der Waals surface area contributed by atoms with E-state index in [1.165, 1.54) is 5.56 Å². The van der Waals surface area contributed by atoms with Gasteiger partial charge in [-0.3, -0.25) is 4.79 Å². The Morgan fingerprint density at radius 1 is 1.14 bits per heavy atom. The Morgan fingerprint density at radius 2 is 1.93 bits per heavy atom. The Kier molecular flexibility index (Phi) is 5.38. The lowest BCUT2D eigenvalue weighted by Gasteiger charge is -2.30. The second kappa shape index (κ2) is 8.26. The number of likely N-dealkylation sites (tertiary alicyclic amines) is 1. The number of hydrogen-bond acceptors (Lipinski definition) is 2. The van der Waals surface area contributed by atoms with E-state index in [-0.39, 0.29) is 5.91 Å². The normalized spacial score (nSPS) is 15.4. The van der Waals surface area contributed by atoms with Gasteiger partial charge >= 0.3 is 0 Å². The number of amides is 1. The van der Waals surface area contributed by atoms with Gasteiger partial charge in [-0.05, 0) is 42.5 Å². The first-order chi connectivity index (χ1) is 13.8. The van der Waals surface area contributed by atoms with E-state index in [1.807, 2.05) is 47.5 Å². The third kappa shape index (κ3) is 3.77. The summed E-state index contributed by atoms with van der Waals surface area (Å²) in [7, 11) is 0. The molecule has 3 heterocycles. The molecule has 4 heteroatoms. The molecule has 1 aliphatic rings. The van der Waals surface area contributed by atoms with Gasteiger partial charge in [-0.2, -0.15) is 0 Å². The summed E-state index contributed by atoms with van der Waals surface area (Å²) in [5, 5.41) is 0. The first kappa shape index (κ1) is 18.2. The number of allylic oxidation sites excluding steroid dienone is 1. The van der Waals surface area contributed by atoms with E-state index in [1.54, 1.807) is 6.08 Å². The number of hydrogen-bond donors (Lipinski definition) is 0. The molecule has 4 rings (SSSR count). The number of benzene rings is 1. The summed E-state index contributed by atoms with van der Waals surface area (Å²) >= 11 is 0. The molecule has 0 spiro atoms. The highest BCUT2D eigenvalue weighted by atomic mass is 16.2. The van der Waals surface area contributed by atoms with Crippen LogP contribution in [0.1, 0.15) is 35.7 Å². The number of piperidine rings is 1. The third-order valence-electron chi connectivity index (χ3n) is 5.48. The zero-order valence-corrected chi connectivity index (χ0v) is 16.0. The van der Waals surface area contributed by atoms with Crippen LogP contribution in [-0.4, -0.2) is 33.3 Å². The van der Waals surface area contributed by atoms with Crippen molar-refractivity contribution < 1.29 is 4.79 Å². The van der Waals surface area contributed by atoms with Crippen molar-refractivity contribution in [1.29, 1.82) is 0 Å². The number of fused-ring (bicyclic) bond motifs is 1. The molecule has 0 saturated carbocycles. The molecular formula is C24H25N3O. The van der Waals surface area contributed by atoms with Gasteiger partial charge in [0.25, 0.3) is 0 Å². The second-order valence-corrected chi connectivity index (χ2v) is 7.23.